The first-order chi connectivity index (χ1) is 15.4. The molecule has 0 amide bonds. The highest BCUT2D eigenvalue weighted by Gasteiger charge is 2.11. The Morgan fingerprint density at radius 1 is 0.875 bits per heavy atom. The zero-order valence-electron chi connectivity index (χ0n) is 16.8. The summed E-state index contributed by atoms with van der Waals surface area (Å²) in [5.41, 5.74) is 2.61. The van der Waals surface area contributed by atoms with Gasteiger partial charge in [-0.15, -0.1) is 0 Å². The number of carboxylic acids is 1. The number of halogens is 1. The van der Waals surface area contributed by atoms with E-state index in [0.717, 1.165) is 0 Å². The highest BCUT2D eigenvalue weighted by molar-refractivity contribution is 6.31. The van der Waals surface area contributed by atoms with E-state index in [1.807, 2.05) is 0 Å². The molecule has 0 atom stereocenters. The van der Waals surface area contributed by atoms with Crippen LogP contribution in [0.2, 0.25) is 5.02 Å². The van der Waals surface area contributed by atoms with Crippen molar-refractivity contribution in [1.82, 2.24) is 9.97 Å². The summed E-state index contributed by atoms with van der Waals surface area (Å²) in [5.74, 6) is -0.596. The third-order valence-corrected chi connectivity index (χ3v) is 4.85. The molecule has 0 saturated heterocycles. The molecule has 4 aromatic rings. The molecule has 0 spiro atoms. The van der Waals surface area contributed by atoms with Gasteiger partial charge in [-0.25, -0.2) is 14.6 Å². The first-order valence-corrected chi connectivity index (χ1v) is 9.84. The number of hydrogen-bond donors (Lipinski definition) is 3. The highest BCUT2D eigenvalue weighted by atomic mass is 35.5. The van der Waals surface area contributed by atoms with E-state index in [0.29, 0.717) is 44.6 Å². The number of benzene rings is 3. The number of rotatable bonds is 6. The number of hydrogen-bond acceptors (Lipinski definition) is 7. The van der Waals surface area contributed by atoms with Crippen molar-refractivity contribution >= 4 is 57.6 Å². The Bertz CT molecular complexity index is 1310. The van der Waals surface area contributed by atoms with Crippen LogP contribution in [-0.4, -0.2) is 34.1 Å². The fourth-order valence-corrected chi connectivity index (χ4v) is 3.19. The van der Waals surface area contributed by atoms with Gasteiger partial charge in [0, 0.05) is 21.8 Å². The van der Waals surface area contributed by atoms with E-state index in [-0.39, 0.29) is 5.56 Å². The summed E-state index contributed by atoms with van der Waals surface area (Å²) in [7, 11) is 1.33. The van der Waals surface area contributed by atoms with Gasteiger partial charge in [0.2, 0.25) is 5.95 Å². The second kappa shape index (κ2) is 8.91. The summed E-state index contributed by atoms with van der Waals surface area (Å²) in [6, 6.07) is 18.3. The average Bonchev–Trinajstić information content (AvgIpc) is 2.80. The summed E-state index contributed by atoms with van der Waals surface area (Å²) < 4.78 is 4.71. The number of carbonyl (C=O) groups is 2. The minimum atomic E-state index is -1.000. The van der Waals surface area contributed by atoms with Crippen molar-refractivity contribution in [2.24, 2.45) is 0 Å². The molecule has 0 unspecified atom stereocenters. The molecule has 4 rings (SSSR count). The van der Waals surface area contributed by atoms with Crippen molar-refractivity contribution in [2.45, 2.75) is 0 Å². The van der Waals surface area contributed by atoms with E-state index in [1.54, 1.807) is 54.6 Å². The SMILES string of the molecule is COC(=O)c1ccc(Nc2nc(Nc3ccc(C(=O)O)cc3)c3cc(Cl)ccc3n2)cc1. The Morgan fingerprint density at radius 3 is 2.12 bits per heavy atom. The van der Waals surface area contributed by atoms with Crippen LogP contribution in [0.1, 0.15) is 20.7 Å². The molecule has 1 aromatic heterocycles. The number of esters is 1. The van der Waals surface area contributed by atoms with Crippen LogP contribution in [-0.2, 0) is 4.74 Å². The minimum Gasteiger partial charge on any atom is -0.478 e. The molecule has 0 fully saturated rings. The van der Waals surface area contributed by atoms with Crippen LogP contribution >= 0.6 is 11.6 Å². The molecule has 0 saturated carbocycles. The van der Waals surface area contributed by atoms with E-state index in [9.17, 15) is 9.59 Å². The molecular weight excluding hydrogens is 432 g/mol. The van der Waals surface area contributed by atoms with E-state index >= 15 is 0 Å². The standard InChI is InChI=1S/C23H17ClN4O4/c1-32-22(31)14-4-9-17(10-5-14)26-23-27-19-11-6-15(24)12-18(19)20(28-23)25-16-7-2-13(3-8-16)21(29)30/h2-12H,1H3,(H,29,30)(H2,25,26,27,28). The van der Waals surface area contributed by atoms with Crippen molar-refractivity contribution in [1.29, 1.82) is 0 Å². The van der Waals surface area contributed by atoms with E-state index in [1.165, 1.54) is 19.2 Å². The average molecular weight is 449 g/mol. The van der Waals surface area contributed by atoms with Crippen molar-refractivity contribution in [2.75, 3.05) is 17.7 Å². The van der Waals surface area contributed by atoms with Gasteiger partial charge in [-0.2, -0.15) is 4.98 Å². The summed E-state index contributed by atoms with van der Waals surface area (Å²) >= 11 is 6.17. The van der Waals surface area contributed by atoms with Gasteiger partial charge in [0.25, 0.3) is 0 Å². The van der Waals surface area contributed by atoms with Gasteiger partial charge < -0.3 is 20.5 Å². The maximum Gasteiger partial charge on any atom is 0.337 e. The Balaban J connectivity index is 1.67. The molecule has 0 aliphatic carbocycles. The van der Waals surface area contributed by atoms with Crippen molar-refractivity contribution < 1.29 is 19.4 Å². The molecule has 160 valence electrons. The lowest BCUT2D eigenvalue weighted by atomic mass is 10.2. The number of nitrogens with one attached hydrogen (secondary N) is 2. The maximum atomic E-state index is 11.6. The van der Waals surface area contributed by atoms with Crippen molar-refractivity contribution in [3.8, 4) is 0 Å². The second-order valence-corrected chi connectivity index (χ2v) is 7.20. The lowest BCUT2D eigenvalue weighted by molar-refractivity contribution is 0.0600. The van der Waals surface area contributed by atoms with Gasteiger partial charge in [-0.1, -0.05) is 11.6 Å². The predicted octanol–water partition coefficient (Wildman–Crippen LogP) is 5.26. The molecule has 1 heterocycles. The van der Waals surface area contributed by atoms with Crippen molar-refractivity contribution in [3.63, 3.8) is 0 Å². The molecule has 3 aromatic carbocycles. The van der Waals surface area contributed by atoms with Crippen LogP contribution in [0, 0.1) is 0 Å². The third-order valence-electron chi connectivity index (χ3n) is 4.61. The first kappa shape index (κ1) is 21.1. The van der Waals surface area contributed by atoms with Gasteiger partial charge in [-0.05, 0) is 66.7 Å². The lowest BCUT2D eigenvalue weighted by Gasteiger charge is -2.13. The number of ether oxygens (including phenoxy) is 1. The number of aromatic nitrogens is 2. The molecular formula is C23H17ClN4O4. The Kier molecular flexibility index (Phi) is 5.87. The van der Waals surface area contributed by atoms with Gasteiger partial charge in [0.1, 0.15) is 5.82 Å². The maximum absolute atomic E-state index is 11.6. The quantitative estimate of drug-likeness (QED) is 0.342. The molecule has 9 heteroatoms. The first-order valence-electron chi connectivity index (χ1n) is 9.46. The Labute approximate surface area is 187 Å². The number of carbonyl (C=O) groups excluding carboxylic acids is 1. The Hall–Kier alpha value is -4.17. The second-order valence-electron chi connectivity index (χ2n) is 6.76. The predicted molar refractivity (Wildman–Crippen MR) is 122 cm³/mol. The lowest BCUT2D eigenvalue weighted by Crippen LogP contribution is -2.04. The van der Waals surface area contributed by atoms with Gasteiger partial charge in [0.05, 0.1) is 23.8 Å². The van der Waals surface area contributed by atoms with Gasteiger partial charge >= 0.3 is 11.9 Å². The molecule has 0 radical (unpaired) electrons. The number of nitrogens with zero attached hydrogens (tertiary/aromatic N) is 2. The third kappa shape index (κ3) is 4.60. The molecule has 0 aliphatic rings. The van der Waals surface area contributed by atoms with Crippen LogP contribution in [0.4, 0.5) is 23.1 Å². The number of anilines is 4. The van der Waals surface area contributed by atoms with E-state index < -0.39 is 11.9 Å². The fraction of sp³-hybridized carbons (Fsp3) is 0.0435. The topological polar surface area (TPSA) is 113 Å². The van der Waals surface area contributed by atoms with Crippen LogP contribution in [0.3, 0.4) is 0 Å². The summed E-state index contributed by atoms with van der Waals surface area (Å²) in [4.78, 5) is 31.8. The van der Waals surface area contributed by atoms with Crippen LogP contribution in [0.25, 0.3) is 10.9 Å². The molecule has 0 aliphatic heterocycles. The highest BCUT2D eigenvalue weighted by Crippen LogP contribution is 2.29. The molecule has 32 heavy (non-hydrogen) atoms. The summed E-state index contributed by atoms with van der Waals surface area (Å²) in [5, 5.41) is 16.6. The largest absolute Gasteiger partial charge is 0.478 e. The monoisotopic (exact) mass is 448 g/mol. The normalized spacial score (nSPS) is 10.6. The van der Waals surface area contributed by atoms with Crippen LogP contribution in [0.5, 0.6) is 0 Å². The number of fused-ring (bicyclic) bond motifs is 1. The van der Waals surface area contributed by atoms with Crippen LogP contribution < -0.4 is 10.6 Å². The molecule has 3 N–H and O–H groups in total. The minimum absolute atomic E-state index is 0.184. The van der Waals surface area contributed by atoms with Gasteiger partial charge in [0.15, 0.2) is 0 Å². The summed E-state index contributed by atoms with van der Waals surface area (Å²) in [6.07, 6.45) is 0. The Morgan fingerprint density at radius 2 is 1.50 bits per heavy atom. The smallest absolute Gasteiger partial charge is 0.337 e. The number of aromatic carboxylic acids is 1. The number of carboxylic acid groups (broad SMARTS) is 1. The van der Waals surface area contributed by atoms with Crippen molar-refractivity contribution in [3.05, 3.63) is 82.9 Å². The summed E-state index contributed by atoms with van der Waals surface area (Å²) in [6.45, 7) is 0. The zero-order chi connectivity index (χ0) is 22.7. The molecule has 8 nitrogen and oxygen atoms in total. The zero-order valence-corrected chi connectivity index (χ0v) is 17.6. The molecule has 0 bridgehead atoms. The number of methoxy groups -OCH3 is 1. The fourth-order valence-electron chi connectivity index (χ4n) is 3.02. The van der Waals surface area contributed by atoms with E-state index in [4.69, 9.17) is 21.4 Å². The van der Waals surface area contributed by atoms with E-state index in [2.05, 4.69) is 20.6 Å². The van der Waals surface area contributed by atoms with Gasteiger partial charge in [-0.3, -0.25) is 0 Å². The van der Waals surface area contributed by atoms with Crippen LogP contribution in [0.15, 0.2) is 66.7 Å².